The molecule has 2 nitrogen and oxygen atoms in total. The molecular weight excluding hydrogens is 205 g/mol. The van der Waals surface area contributed by atoms with Crippen LogP contribution in [-0.4, -0.2) is 36.2 Å². The highest BCUT2D eigenvalue weighted by molar-refractivity contribution is 4.90. The van der Waals surface area contributed by atoms with E-state index >= 15 is 0 Å². The minimum Gasteiger partial charge on any atom is -0.329 e. The molecule has 1 atom stereocenters. The van der Waals surface area contributed by atoms with Gasteiger partial charge in [0.25, 0.3) is 0 Å². The second-order valence-corrected chi connectivity index (χ2v) is 4.52. The largest absolute Gasteiger partial charge is 0.401 e. The summed E-state index contributed by atoms with van der Waals surface area (Å²) in [5.41, 5.74) is 5.56. The van der Waals surface area contributed by atoms with Crippen molar-refractivity contribution < 1.29 is 13.2 Å². The Bertz CT molecular complexity index is 199. The Morgan fingerprint density at radius 1 is 1.33 bits per heavy atom. The van der Waals surface area contributed by atoms with Crippen molar-refractivity contribution in [1.29, 1.82) is 0 Å². The van der Waals surface area contributed by atoms with E-state index in [1.165, 1.54) is 4.90 Å². The minimum absolute atomic E-state index is 0.105. The van der Waals surface area contributed by atoms with Gasteiger partial charge in [0.15, 0.2) is 0 Å². The Balaban J connectivity index is 2.62. The summed E-state index contributed by atoms with van der Waals surface area (Å²) in [5.74, 6) is 0.375. The van der Waals surface area contributed by atoms with Crippen LogP contribution in [0, 0.1) is 5.92 Å². The summed E-state index contributed by atoms with van der Waals surface area (Å²) in [5, 5.41) is 0. The molecule has 1 saturated carbocycles. The molecule has 0 amide bonds. The van der Waals surface area contributed by atoms with Gasteiger partial charge in [-0.15, -0.1) is 0 Å². The van der Waals surface area contributed by atoms with Crippen LogP contribution in [0.4, 0.5) is 13.2 Å². The average molecular weight is 224 g/mol. The molecule has 0 aromatic heterocycles. The van der Waals surface area contributed by atoms with Crippen molar-refractivity contribution >= 4 is 0 Å². The molecule has 1 fully saturated rings. The van der Waals surface area contributed by atoms with Crippen LogP contribution >= 0.6 is 0 Å². The molecule has 1 aliphatic carbocycles. The van der Waals surface area contributed by atoms with Crippen LogP contribution in [0.1, 0.15) is 26.7 Å². The fraction of sp³-hybridized carbons (Fsp3) is 1.00. The van der Waals surface area contributed by atoms with Gasteiger partial charge in [-0.3, -0.25) is 4.90 Å². The van der Waals surface area contributed by atoms with E-state index in [9.17, 15) is 13.2 Å². The molecule has 1 rings (SSSR count). The fourth-order valence-electron chi connectivity index (χ4n) is 1.97. The van der Waals surface area contributed by atoms with Crippen molar-refractivity contribution in [2.45, 2.75) is 44.9 Å². The molecule has 1 unspecified atom stereocenters. The van der Waals surface area contributed by atoms with E-state index in [0.717, 1.165) is 12.8 Å². The Morgan fingerprint density at radius 3 is 2.13 bits per heavy atom. The maximum atomic E-state index is 12.4. The van der Waals surface area contributed by atoms with E-state index in [1.54, 1.807) is 13.8 Å². The van der Waals surface area contributed by atoms with E-state index in [4.69, 9.17) is 5.73 Å². The lowest BCUT2D eigenvalue weighted by molar-refractivity contribution is -0.155. The Morgan fingerprint density at radius 2 is 1.87 bits per heavy atom. The topological polar surface area (TPSA) is 29.3 Å². The lowest BCUT2D eigenvalue weighted by Gasteiger charge is -2.35. The Kier molecular flexibility index (Phi) is 4.00. The van der Waals surface area contributed by atoms with Crippen LogP contribution in [0.2, 0.25) is 0 Å². The smallest absolute Gasteiger partial charge is 0.329 e. The van der Waals surface area contributed by atoms with E-state index in [1.807, 2.05) is 0 Å². The third-order valence-electron chi connectivity index (χ3n) is 2.86. The van der Waals surface area contributed by atoms with Gasteiger partial charge in [-0.05, 0) is 32.6 Å². The minimum atomic E-state index is -4.13. The van der Waals surface area contributed by atoms with E-state index < -0.39 is 12.7 Å². The van der Waals surface area contributed by atoms with Gasteiger partial charge in [-0.2, -0.15) is 13.2 Å². The van der Waals surface area contributed by atoms with Crippen LogP contribution in [0.5, 0.6) is 0 Å². The predicted molar refractivity (Wildman–Crippen MR) is 53.5 cm³/mol. The molecule has 0 aromatic carbocycles. The summed E-state index contributed by atoms with van der Waals surface area (Å²) in [6.45, 7) is 3.05. The van der Waals surface area contributed by atoms with Crippen molar-refractivity contribution in [2.24, 2.45) is 11.7 Å². The molecule has 0 aromatic rings. The standard InChI is InChI=1S/C10H19F3N2/c1-7(2)15(6-10(11,12)13)9(5-14)8-3-4-8/h7-9H,3-6,14H2,1-2H3. The average Bonchev–Trinajstić information content (AvgIpc) is 2.85. The number of rotatable bonds is 5. The van der Waals surface area contributed by atoms with Crippen LogP contribution < -0.4 is 5.73 Å². The molecule has 0 aliphatic heterocycles. The van der Waals surface area contributed by atoms with Gasteiger partial charge in [0, 0.05) is 18.6 Å². The second-order valence-electron chi connectivity index (χ2n) is 4.52. The van der Waals surface area contributed by atoms with Gasteiger partial charge in [-0.1, -0.05) is 0 Å². The van der Waals surface area contributed by atoms with Crippen LogP contribution in [0.3, 0.4) is 0 Å². The molecule has 0 spiro atoms. The van der Waals surface area contributed by atoms with Gasteiger partial charge < -0.3 is 5.73 Å². The maximum absolute atomic E-state index is 12.4. The third-order valence-corrected chi connectivity index (χ3v) is 2.86. The number of hydrogen-bond acceptors (Lipinski definition) is 2. The first kappa shape index (κ1) is 12.8. The predicted octanol–water partition coefficient (Wildman–Crippen LogP) is 2.00. The molecule has 0 bridgehead atoms. The quantitative estimate of drug-likeness (QED) is 0.774. The summed E-state index contributed by atoms with van der Waals surface area (Å²) in [4.78, 5) is 1.48. The highest BCUT2D eigenvalue weighted by Crippen LogP contribution is 2.36. The Labute approximate surface area is 88.6 Å². The number of alkyl halides is 3. The van der Waals surface area contributed by atoms with E-state index in [-0.39, 0.29) is 12.1 Å². The number of halogens is 3. The Hall–Kier alpha value is -0.290. The number of nitrogens with zero attached hydrogens (tertiary/aromatic N) is 1. The third kappa shape index (κ3) is 3.99. The first-order valence-electron chi connectivity index (χ1n) is 5.37. The van der Waals surface area contributed by atoms with Crippen molar-refractivity contribution in [1.82, 2.24) is 4.90 Å². The molecule has 15 heavy (non-hydrogen) atoms. The van der Waals surface area contributed by atoms with E-state index in [0.29, 0.717) is 12.5 Å². The highest BCUT2D eigenvalue weighted by Gasteiger charge is 2.40. The van der Waals surface area contributed by atoms with Gasteiger partial charge in [0.2, 0.25) is 0 Å². The molecule has 1 aliphatic rings. The first-order chi connectivity index (χ1) is 6.85. The lowest BCUT2D eigenvalue weighted by Crippen LogP contribution is -2.50. The van der Waals surface area contributed by atoms with Gasteiger partial charge in [0.1, 0.15) is 0 Å². The number of hydrogen-bond donors (Lipinski definition) is 1. The summed E-state index contributed by atoms with van der Waals surface area (Å²) < 4.78 is 37.1. The molecule has 5 heteroatoms. The van der Waals surface area contributed by atoms with Crippen LogP contribution in [0.15, 0.2) is 0 Å². The van der Waals surface area contributed by atoms with Crippen molar-refractivity contribution in [3.63, 3.8) is 0 Å². The van der Waals surface area contributed by atoms with Crippen molar-refractivity contribution in [3.05, 3.63) is 0 Å². The molecular formula is C10H19F3N2. The van der Waals surface area contributed by atoms with E-state index in [2.05, 4.69) is 0 Å². The summed E-state index contributed by atoms with van der Waals surface area (Å²) in [6, 6.07) is -0.215. The van der Waals surface area contributed by atoms with Crippen molar-refractivity contribution in [2.75, 3.05) is 13.1 Å². The highest BCUT2D eigenvalue weighted by atomic mass is 19.4. The normalized spacial score (nSPS) is 20.0. The molecule has 90 valence electrons. The fourth-order valence-corrected chi connectivity index (χ4v) is 1.97. The monoisotopic (exact) mass is 224 g/mol. The first-order valence-corrected chi connectivity index (χ1v) is 5.37. The van der Waals surface area contributed by atoms with Gasteiger partial charge in [0.05, 0.1) is 6.54 Å². The molecule has 2 N–H and O–H groups in total. The van der Waals surface area contributed by atoms with Gasteiger partial charge in [-0.25, -0.2) is 0 Å². The van der Waals surface area contributed by atoms with Gasteiger partial charge >= 0.3 is 6.18 Å². The molecule has 0 radical (unpaired) electrons. The van der Waals surface area contributed by atoms with Crippen molar-refractivity contribution in [3.8, 4) is 0 Å². The maximum Gasteiger partial charge on any atom is 0.401 e. The summed E-state index contributed by atoms with van der Waals surface area (Å²) in [7, 11) is 0. The summed E-state index contributed by atoms with van der Waals surface area (Å²) >= 11 is 0. The molecule has 0 heterocycles. The SMILES string of the molecule is CC(C)N(CC(F)(F)F)C(CN)C1CC1. The zero-order valence-electron chi connectivity index (χ0n) is 9.22. The zero-order chi connectivity index (χ0) is 11.6. The second kappa shape index (κ2) is 4.70. The summed E-state index contributed by atoms with van der Waals surface area (Å²) in [6.07, 6.45) is -2.10. The number of nitrogens with two attached hydrogens (primary N) is 1. The lowest BCUT2D eigenvalue weighted by atomic mass is 10.1. The zero-order valence-corrected chi connectivity index (χ0v) is 9.22. The van der Waals surface area contributed by atoms with Crippen LogP contribution in [0.25, 0.3) is 0 Å². The molecule has 0 saturated heterocycles. The van der Waals surface area contributed by atoms with Crippen LogP contribution in [-0.2, 0) is 0 Å².